The number of aryl methyl sites for hydroxylation is 1. The normalized spacial score (nSPS) is 10.9. The summed E-state index contributed by atoms with van der Waals surface area (Å²) in [5.74, 6) is 0.440. The van der Waals surface area contributed by atoms with Crippen LogP contribution in [-0.4, -0.2) is 24.3 Å². The first kappa shape index (κ1) is 11.0. The van der Waals surface area contributed by atoms with E-state index in [1.807, 2.05) is 17.5 Å². The molecule has 3 heterocycles. The highest BCUT2D eigenvalue weighted by atomic mass is 32.2. The highest BCUT2D eigenvalue weighted by Crippen LogP contribution is 2.26. The van der Waals surface area contributed by atoms with E-state index < -0.39 is 0 Å². The van der Waals surface area contributed by atoms with Gasteiger partial charge in [-0.2, -0.15) is 0 Å². The fourth-order valence-corrected chi connectivity index (χ4v) is 2.29. The highest BCUT2D eigenvalue weighted by Gasteiger charge is 2.09. The molecular weight excluding hydrogens is 248 g/mol. The number of rotatable bonds is 2. The Hall–Kier alpha value is -2.15. The van der Waals surface area contributed by atoms with Crippen molar-refractivity contribution in [2.75, 3.05) is 5.73 Å². The highest BCUT2D eigenvalue weighted by molar-refractivity contribution is 7.99. The van der Waals surface area contributed by atoms with Crippen molar-refractivity contribution in [3.8, 4) is 0 Å². The first-order chi connectivity index (χ1) is 8.72. The molecular formula is C11H10N6S. The van der Waals surface area contributed by atoms with Gasteiger partial charge in [0.2, 0.25) is 0 Å². The molecule has 0 bridgehead atoms. The van der Waals surface area contributed by atoms with Crippen molar-refractivity contribution in [3.63, 3.8) is 0 Å². The number of nitrogens with zero attached hydrogens (tertiary/aromatic N) is 5. The number of hydrogen-bond acceptors (Lipinski definition) is 6. The average molecular weight is 258 g/mol. The second kappa shape index (κ2) is 4.26. The van der Waals surface area contributed by atoms with Crippen molar-refractivity contribution in [1.29, 1.82) is 0 Å². The van der Waals surface area contributed by atoms with Gasteiger partial charge in [-0.05, 0) is 24.2 Å². The van der Waals surface area contributed by atoms with E-state index in [9.17, 15) is 0 Å². The zero-order valence-corrected chi connectivity index (χ0v) is 10.4. The van der Waals surface area contributed by atoms with Crippen LogP contribution < -0.4 is 5.73 Å². The van der Waals surface area contributed by atoms with Crippen LogP contribution in [0.2, 0.25) is 0 Å². The summed E-state index contributed by atoms with van der Waals surface area (Å²) in [5.41, 5.74) is 7.52. The monoisotopic (exact) mass is 258 g/mol. The van der Waals surface area contributed by atoms with Crippen LogP contribution in [0, 0.1) is 6.92 Å². The van der Waals surface area contributed by atoms with Crippen LogP contribution in [0.15, 0.2) is 41.2 Å². The van der Waals surface area contributed by atoms with E-state index in [1.165, 1.54) is 11.8 Å². The third kappa shape index (κ3) is 2.00. The van der Waals surface area contributed by atoms with Gasteiger partial charge in [-0.1, -0.05) is 0 Å². The zero-order valence-electron chi connectivity index (χ0n) is 9.61. The lowest BCUT2D eigenvalue weighted by Gasteiger charge is -2.03. The molecule has 18 heavy (non-hydrogen) atoms. The maximum Gasteiger partial charge on any atom is 0.193 e. The van der Waals surface area contributed by atoms with Gasteiger partial charge in [-0.15, -0.1) is 0 Å². The summed E-state index contributed by atoms with van der Waals surface area (Å²) in [6, 6.07) is 0. The number of aromatic nitrogens is 5. The second-order valence-electron chi connectivity index (χ2n) is 3.77. The Kier molecular flexibility index (Phi) is 2.60. The first-order valence-corrected chi connectivity index (χ1v) is 6.10. The summed E-state index contributed by atoms with van der Waals surface area (Å²) < 4.78 is 1.83. The Morgan fingerprint density at radius 1 is 1.22 bits per heavy atom. The van der Waals surface area contributed by atoms with E-state index in [0.717, 1.165) is 11.2 Å². The molecule has 0 fully saturated rings. The molecule has 6 nitrogen and oxygen atoms in total. The number of fused-ring (bicyclic) bond motifs is 1. The molecule has 0 saturated carbocycles. The fraction of sp³-hybridized carbons (Fsp3) is 0.0909. The van der Waals surface area contributed by atoms with Gasteiger partial charge in [0.15, 0.2) is 10.8 Å². The molecule has 0 spiro atoms. The molecule has 7 heteroatoms. The number of imidazole rings is 1. The molecule has 3 aromatic rings. The molecule has 90 valence electrons. The molecule has 0 unspecified atom stereocenters. The predicted octanol–water partition coefficient (Wildman–Crippen LogP) is 1.56. The SMILES string of the molecule is Cc1cnc(Sc2nc(N)cn3ccnc23)nc1. The standard InChI is InChI=1S/C11H10N6S/c1-7-4-14-11(15-5-7)18-10-9-13-2-3-17(9)6-8(12)16-10/h2-6H,12H2,1H3. The van der Waals surface area contributed by atoms with Gasteiger partial charge < -0.3 is 10.1 Å². The molecule has 0 aliphatic rings. The van der Waals surface area contributed by atoms with E-state index in [-0.39, 0.29) is 0 Å². The molecule has 0 radical (unpaired) electrons. The Bertz CT molecular complexity index is 690. The van der Waals surface area contributed by atoms with Crippen molar-refractivity contribution < 1.29 is 0 Å². The van der Waals surface area contributed by atoms with Gasteiger partial charge in [0, 0.05) is 24.8 Å². The molecule has 3 rings (SSSR count). The number of anilines is 1. The molecule has 0 atom stereocenters. The van der Waals surface area contributed by atoms with E-state index in [1.54, 1.807) is 24.8 Å². The smallest absolute Gasteiger partial charge is 0.193 e. The summed E-state index contributed by atoms with van der Waals surface area (Å²) >= 11 is 1.35. The zero-order chi connectivity index (χ0) is 12.5. The molecule has 0 amide bonds. The lowest BCUT2D eigenvalue weighted by molar-refractivity contribution is 0.942. The van der Waals surface area contributed by atoms with Gasteiger partial charge in [-0.3, -0.25) is 0 Å². The summed E-state index contributed by atoms with van der Waals surface area (Å²) in [6.07, 6.45) is 8.79. The van der Waals surface area contributed by atoms with E-state index >= 15 is 0 Å². The largest absolute Gasteiger partial charge is 0.382 e. The summed E-state index contributed by atoms with van der Waals surface area (Å²) in [7, 11) is 0. The fourth-order valence-electron chi connectivity index (χ4n) is 1.51. The van der Waals surface area contributed by atoms with Crippen LogP contribution in [0.25, 0.3) is 5.65 Å². The third-order valence-electron chi connectivity index (χ3n) is 2.31. The van der Waals surface area contributed by atoms with Crippen LogP contribution >= 0.6 is 11.8 Å². The van der Waals surface area contributed by atoms with Crippen molar-refractivity contribution in [2.24, 2.45) is 0 Å². The molecule has 0 aliphatic carbocycles. The Morgan fingerprint density at radius 2 is 2.00 bits per heavy atom. The van der Waals surface area contributed by atoms with Crippen molar-refractivity contribution >= 4 is 23.2 Å². The van der Waals surface area contributed by atoms with Gasteiger partial charge in [0.25, 0.3) is 0 Å². The molecule has 0 saturated heterocycles. The summed E-state index contributed by atoms with van der Waals surface area (Å²) in [4.78, 5) is 17.0. The quantitative estimate of drug-likeness (QED) is 0.702. The second-order valence-corrected chi connectivity index (χ2v) is 4.73. The van der Waals surface area contributed by atoms with Crippen LogP contribution in [-0.2, 0) is 0 Å². The lowest BCUT2D eigenvalue weighted by Crippen LogP contribution is -1.98. The van der Waals surface area contributed by atoms with E-state index in [4.69, 9.17) is 5.73 Å². The third-order valence-corrected chi connectivity index (χ3v) is 3.17. The van der Waals surface area contributed by atoms with Crippen LogP contribution in [0.1, 0.15) is 5.56 Å². The van der Waals surface area contributed by atoms with Gasteiger partial charge in [0.1, 0.15) is 10.8 Å². The van der Waals surface area contributed by atoms with Crippen LogP contribution in [0.4, 0.5) is 5.82 Å². The number of nitrogen functional groups attached to an aromatic ring is 1. The minimum atomic E-state index is 0.440. The Labute approximate surface area is 107 Å². The minimum Gasteiger partial charge on any atom is -0.382 e. The van der Waals surface area contributed by atoms with Crippen molar-refractivity contribution in [3.05, 3.63) is 36.5 Å². The number of hydrogen-bond donors (Lipinski definition) is 1. The van der Waals surface area contributed by atoms with Crippen molar-refractivity contribution in [2.45, 2.75) is 17.1 Å². The predicted molar refractivity (Wildman–Crippen MR) is 68.3 cm³/mol. The van der Waals surface area contributed by atoms with Crippen LogP contribution in [0.5, 0.6) is 0 Å². The van der Waals surface area contributed by atoms with Gasteiger partial charge >= 0.3 is 0 Å². The molecule has 3 aromatic heterocycles. The lowest BCUT2D eigenvalue weighted by atomic mass is 10.4. The average Bonchev–Trinajstić information content (AvgIpc) is 2.80. The van der Waals surface area contributed by atoms with Crippen molar-refractivity contribution in [1.82, 2.24) is 24.3 Å². The maximum absolute atomic E-state index is 5.75. The molecule has 0 aromatic carbocycles. The maximum atomic E-state index is 5.75. The Morgan fingerprint density at radius 3 is 2.78 bits per heavy atom. The van der Waals surface area contributed by atoms with E-state index in [0.29, 0.717) is 16.0 Å². The molecule has 0 aliphatic heterocycles. The minimum absolute atomic E-state index is 0.440. The first-order valence-electron chi connectivity index (χ1n) is 5.28. The van der Waals surface area contributed by atoms with E-state index in [2.05, 4.69) is 19.9 Å². The summed E-state index contributed by atoms with van der Waals surface area (Å²) in [5, 5.41) is 1.33. The van der Waals surface area contributed by atoms with Crippen LogP contribution in [0.3, 0.4) is 0 Å². The molecule has 2 N–H and O–H groups in total. The topological polar surface area (TPSA) is 82.0 Å². The number of nitrogens with two attached hydrogens (primary N) is 1. The van der Waals surface area contributed by atoms with Gasteiger partial charge in [-0.25, -0.2) is 19.9 Å². The Balaban J connectivity index is 2.03. The van der Waals surface area contributed by atoms with Gasteiger partial charge in [0.05, 0.1) is 6.20 Å². The summed E-state index contributed by atoms with van der Waals surface area (Å²) in [6.45, 7) is 1.94.